The number of hydrogen-bond donors (Lipinski definition) is 1. The van der Waals surface area contributed by atoms with Crippen LogP contribution in [0.3, 0.4) is 0 Å². The Kier molecular flexibility index (Phi) is 5.85. The highest BCUT2D eigenvalue weighted by Crippen LogP contribution is 2.24. The summed E-state index contributed by atoms with van der Waals surface area (Å²) in [7, 11) is 0. The van der Waals surface area contributed by atoms with Crippen molar-refractivity contribution in [2.75, 3.05) is 13.1 Å². The third kappa shape index (κ3) is 5.54. The molecule has 24 heavy (non-hydrogen) atoms. The predicted octanol–water partition coefficient (Wildman–Crippen LogP) is 2.53. The highest BCUT2D eigenvalue weighted by molar-refractivity contribution is 5.89. The number of aryl methyl sites for hydroxylation is 1. The second kappa shape index (κ2) is 7.68. The van der Waals surface area contributed by atoms with Gasteiger partial charge in [-0.25, -0.2) is 0 Å². The normalized spacial score (nSPS) is 19.4. The molecule has 7 heteroatoms. The van der Waals surface area contributed by atoms with E-state index in [1.54, 1.807) is 0 Å². The minimum atomic E-state index is -4.44. The van der Waals surface area contributed by atoms with E-state index < -0.39 is 24.5 Å². The molecule has 1 aliphatic rings. The van der Waals surface area contributed by atoms with Gasteiger partial charge in [-0.2, -0.15) is 13.2 Å². The molecule has 1 aliphatic heterocycles. The Bertz CT molecular complexity index is 575. The summed E-state index contributed by atoms with van der Waals surface area (Å²) in [4.78, 5) is 24.5. The zero-order valence-corrected chi connectivity index (χ0v) is 13.5. The number of nitrogens with one attached hydrogen (secondary N) is 1. The lowest BCUT2D eigenvalue weighted by Gasteiger charge is -2.19. The lowest BCUT2D eigenvalue weighted by Crippen LogP contribution is -2.40. The lowest BCUT2D eigenvalue weighted by molar-refractivity contribution is -0.157. The lowest BCUT2D eigenvalue weighted by atomic mass is 10.0. The Morgan fingerprint density at radius 3 is 2.62 bits per heavy atom. The van der Waals surface area contributed by atoms with E-state index in [9.17, 15) is 22.8 Å². The number of carbonyl (C=O) groups is 2. The van der Waals surface area contributed by atoms with Crippen LogP contribution in [-0.2, 0) is 16.0 Å². The van der Waals surface area contributed by atoms with Crippen LogP contribution < -0.4 is 5.32 Å². The van der Waals surface area contributed by atoms with Crippen molar-refractivity contribution in [3.63, 3.8) is 0 Å². The van der Waals surface area contributed by atoms with Gasteiger partial charge in [-0.3, -0.25) is 9.59 Å². The molecule has 132 valence electrons. The number of nitrogens with zero attached hydrogens (tertiary/aromatic N) is 1. The summed E-state index contributed by atoms with van der Waals surface area (Å²) >= 11 is 0. The SMILES string of the molecule is CC(CCc1ccccc1)NC(=O)C1CC(=O)N(CC(F)(F)F)C1. The number of amides is 2. The molecule has 0 radical (unpaired) electrons. The second-order valence-electron chi connectivity index (χ2n) is 6.22. The van der Waals surface area contributed by atoms with E-state index in [0.29, 0.717) is 4.90 Å². The summed E-state index contributed by atoms with van der Waals surface area (Å²) in [5, 5.41) is 2.80. The molecule has 2 amide bonds. The van der Waals surface area contributed by atoms with Gasteiger partial charge < -0.3 is 10.2 Å². The van der Waals surface area contributed by atoms with Gasteiger partial charge in [0.2, 0.25) is 11.8 Å². The largest absolute Gasteiger partial charge is 0.406 e. The number of hydrogen-bond acceptors (Lipinski definition) is 2. The third-order valence-electron chi connectivity index (χ3n) is 4.05. The van der Waals surface area contributed by atoms with E-state index in [0.717, 1.165) is 18.4 Å². The fourth-order valence-corrected chi connectivity index (χ4v) is 2.78. The van der Waals surface area contributed by atoms with Gasteiger partial charge in [0.05, 0.1) is 5.92 Å². The number of benzene rings is 1. The van der Waals surface area contributed by atoms with Crippen molar-refractivity contribution in [3.8, 4) is 0 Å². The average Bonchev–Trinajstić information content (AvgIpc) is 2.85. The molecule has 2 atom stereocenters. The van der Waals surface area contributed by atoms with Crippen LogP contribution >= 0.6 is 0 Å². The van der Waals surface area contributed by atoms with Crippen LogP contribution in [0.25, 0.3) is 0 Å². The van der Waals surface area contributed by atoms with Crippen molar-refractivity contribution in [1.29, 1.82) is 0 Å². The predicted molar refractivity (Wildman–Crippen MR) is 83.1 cm³/mol. The van der Waals surface area contributed by atoms with Crippen molar-refractivity contribution >= 4 is 11.8 Å². The first-order chi connectivity index (χ1) is 11.2. The molecule has 0 aliphatic carbocycles. The zero-order valence-electron chi connectivity index (χ0n) is 13.5. The molecule has 2 rings (SSSR count). The topological polar surface area (TPSA) is 49.4 Å². The van der Waals surface area contributed by atoms with Crippen LogP contribution in [0.5, 0.6) is 0 Å². The monoisotopic (exact) mass is 342 g/mol. The molecule has 0 saturated carbocycles. The molecule has 1 aromatic rings. The van der Waals surface area contributed by atoms with E-state index in [1.165, 1.54) is 0 Å². The molecule has 1 heterocycles. The maximum absolute atomic E-state index is 12.4. The second-order valence-corrected chi connectivity index (χ2v) is 6.22. The molecule has 0 bridgehead atoms. The molecule has 1 aromatic carbocycles. The number of carbonyl (C=O) groups excluding carboxylic acids is 2. The quantitative estimate of drug-likeness (QED) is 0.864. The first-order valence-corrected chi connectivity index (χ1v) is 7.93. The van der Waals surface area contributed by atoms with Gasteiger partial charge in [0, 0.05) is 19.0 Å². The molecular weight excluding hydrogens is 321 g/mol. The Labute approximate surface area is 139 Å². The Balaban J connectivity index is 1.79. The van der Waals surface area contributed by atoms with E-state index in [1.807, 2.05) is 37.3 Å². The minimum absolute atomic E-state index is 0.107. The molecule has 0 aromatic heterocycles. The number of rotatable bonds is 6. The van der Waals surface area contributed by atoms with Crippen molar-refractivity contribution in [2.24, 2.45) is 5.92 Å². The van der Waals surface area contributed by atoms with Gasteiger partial charge in [0.1, 0.15) is 6.54 Å². The summed E-state index contributed by atoms with van der Waals surface area (Å²) < 4.78 is 37.2. The van der Waals surface area contributed by atoms with Crippen molar-refractivity contribution in [2.45, 2.75) is 38.4 Å². The summed E-state index contributed by atoms with van der Waals surface area (Å²) in [5.41, 5.74) is 1.16. The fourth-order valence-electron chi connectivity index (χ4n) is 2.78. The highest BCUT2D eigenvalue weighted by atomic mass is 19.4. The van der Waals surface area contributed by atoms with Gasteiger partial charge in [0.15, 0.2) is 0 Å². The summed E-state index contributed by atoms with van der Waals surface area (Å²) in [5.74, 6) is -1.68. The first kappa shape index (κ1) is 18.3. The standard InChI is InChI=1S/C17H21F3N2O2/c1-12(7-8-13-5-3-2-4-6-13)21-16(24)14-9-15(23)22(10-14)11-17(18,19)20/h2-6,12,14H,7-11H2,1H3,(H,21,24). The molecule has 1 N–H and O–H groups in total. The van der Waals surface area contributed by atoms with Gasteiger partial charge in [-0.1, -0.05) is 30.3 Å². The fraction of sp³-hybridized carbons (Fsp3) is 0.529. The third-order valence-corrected chi connectivity index (χ3v) is 4.05. The van der Waals surface area contributed by atoms with Crippen molar-refractivity contribution < 1.29 is 22.8 Å². The van der Waals surface area contributed by atoms with E-state index in [4.69, 9.17) is 0 Å². The minimum Gasteiger partial charge on any atom is -0.353 e. The van der Waals surface area contributed by atoms with Crippen LogP contribution in [0.4, 0.5) is 13.2 Å². The first-order valence-electron chi connectivity index (χ1n) is 7.93. The molecule has 0 spiro atoms. The molecular formula is C17H21F3N2O2. The maximum atomic E-state index is 12.4. The van der Waals surface area contributed by atoms with Crippen LogP contribution in [-0.4, -0.2) is 42.0 Å². The zero-order chi connectivity index (χ0) is 17.7. The van der Waals surface area contributed by atoms with Crippen molar-refractivity contribution in [1.82, 2.24) is 10.2 Å². The Hall–Kier alpha value is -2.05. The highest BCUT2D eigenvalue weighted by Gasteiger charge is 2.40. The van der Waals surface area contributed by atoms with Crippen LogP contribution in [0.2, 0.25) is 0 Å². The van der Waals surface area contributed by atoms with Gasteiger partial charge in [-0.05, 0) is 25.3 Å². The van der Waals surface area contributed by atoms with E-state index in [2.05, 4.69) is 5.32 Å². The van der Waals surface area contributed by atoms with Crippen LogP contribution in [0.1, 0.15) is 25.3 Å². The number of alkyl halides is 3. The Morgan fingerprint density at radius 2 is 2.00 bits per heavy atom. The molecule has 1 saturated heterocycles. The summed E-state index contributed by atoms with van der Waals surface area (Å²) in [6, 6.07) is 9.71. The summed E-state index contributed by atoms with van der Waals surface area (Å²) in [6.07, 6.45) is -3.08. The van der Waals surface area contributed by atoms with Gasteiger partial charge >= 0.3 is 6.18 Å². The molecule has 4 nitrogen and oxygen atoms in total. The molecule has 1 fully saturated rings. The number of halogens is 3. The van der Waals surface area contributed by atoms with Crippen LogP contribution in [0, 0.1) is 5.92 Å². The van der Waals surface area contributed by atoms with Gasteiger partial charge in [-0.15, -0.1) is 0 Å². The van der Waals surface area contributed by atoms with Crippen LogP contribution in [0.15, 0.2) is 30.3 Å². The maximum Gasteiger partial charge on any atom is 0.406 e. The average molecular weight is 342 g/mol. The van der Waals surface area contributed by atoms with E-state index in [-0.39, 0.29) is 24.9 Å². The summed E-state index contributed by atoms with van der Waals surface area (Å²) in [6.45, 7) is 0.389. The molecule has 2 unspecified atom stereocenters. The van der Waals surface area contributed by atoms with E-state index >= 15 is 0 Å². The van der Waals surface area contributed by atoms with Gasteiger partial charge in [0.25, 0.3) is 0 Å². The van der Waals surface area contributed by atoms with Crippen molar-refractivity contribution in [3.05, 3.63) is 35.9 Å². The number of likely N-dealkylation sites (tertiary alicyclic amines) is 1. The Morgan fingerprint density at radius 1 is 1.33 bits per heavy atom. The smallest absolute Gasteiger partial charge is 0.353 e.